The Morgan fingerprint density at radius 2 is 1.71 bits per heavy atom. The summed E-state index contributed by atoms with van der Waals surface area (Å²) in [6.45, 7) is 2.27. The molecule has 2 amide bonds. The average Bonchev–Trinajstić information content (AvgIpc) is 2.72. The molecular formula is C21H26N2O5. The summed E-state index contributed by atoms with van der Waals surface area (Å²) >= 11 is 0. The van der Waals surface area contributed by atoms with E-state index in [1.54, 1.807) is 13.2 Å². The van der Waals surface area contributed by atoms with Crippen LogP contribution in [0.15, 0.2) is 48.5 Å². The minimum absolute atomic E-state index is 0.115. The zero-order valence-corrected chi connectivity index (χ0v) is 16.1. The quantitative estimate of drug-likeness (QED) is 0.568. The third kappa shape index (κ3) is 6.37. The maximum atomic E-state index is 12.1. The van der Waals surface area contributed by atoms with Gasteiger partial charge in [0.05, 0.1) is 26.4 Å². The van der Waals surface area contributed by atoms with Gasteiger partial charge in [-0.05, 0) is 18.6 Å². The van der Waals surface area contributed by atoms with E-state index in [2.05, 4.69) is 10.6 Å². The Kier molecular flexibility index (Phi) is 8.45. The number of hydrogen-bond donors (Lipinski definition) is 3. The van der Waals surface area contributed by atoms with E-state index in [0.717, 1.165) is 16.7 Å². The number of nitrogens with one attached hydrogen (secondary N) is 2. The molecule has 28 heavy (non-hydrogen) atoms. The van der Waals surface area contributed by atoms with Crippen LogP contribution in [0.2, 0.25) is 0 Å². The molecule has 1 atom stereocenters. The lowest BCUT2D eigenvalue weighted by atomic mass is 10.1. The van der Waals surface area contributed by atoms with Crippen molar-refractivity contribution >= 4 is 11.8 Å². The number of carbonyl (C=O) groups is 2. The average molecular weight is 386 g/mol. The lowest BCUT2D eigenvalue weighted by molar-refractivity contribution is -0.139. The second kappa shape index (κ2) is 11.1. The van der Waals surface area contributed by atoms with Gasteiger partial charge in [0.15, 0.2) is 0 Å². The van der Waals surface area contributed by atoms with Crippen LogP contribution in [-0.4, -0.2) is 43.8 Å². The van der Waals surface area contributed by atoms with E-state index in [9.17, 15) is 9.59 Å². The van der Waals surface area contributed by atoms with Crippen molar-refractivity contribution in [3.05, 3.63) is 65.2 Å². The fourth-order valence-electron chi connectivity index (χ4n) is 2.62. The summed E-state index contributed by atoms with van der Waals surface area (Å²) in [6.07, 6.45) is -0.460. The van der Waals surface area contributed by atoms with Crippen molar-refractivity contribution in [3.63, 3.8) is 0 Å². The number of hydrogen-bond acceptors (Lipinski definition) is 5. The molecule has 0 aliphatic carbocycles. The van der Waals surface area contributed by atoms with Crippen molar-refractivity contribution in [2.45, 2.75) is 19.6 Å². The molecule has 150 valence electrons. The molecule has 0 aliphatic rings. The van der Waals surface area contributed by atoms with Crippen LogP contribution in [0.4, 0.5) is 0 Å². The second-order valence-electron chi connectivity index (χ2n) is 6.20. The van der Waals surface area contributed by atoms with E-state index in [1.807, 2.05) is 49.4 Å². The molecule has 3 N–H and O–H groups in total. The minimum Gasteiger partial charge on any atom is -0.496 e. The number of carbonyl (C=O) groups excluding carboxylic acids is 2. The monoisotopic (exact) mass is 386 g/mol. The first-order chi connectivity index (χ1) is 13.5. The molecule has 0 aliphatic heterocycles. The molecule has 0 fully saturated rings. The molecule has 0 bridgehead atoms. The maximum Gasteiger partial charge on any atom is 0.309 e. The van der Waals surface area contributed by atoms with Gasteiger partial charge in [-0.2, -0.15) is 0 Å². The Labute approximate surface area is 164 Å². The standard InChI is InChI=1S/C21H26N2O5/c1-15-7-9-16(10-8-15)19(28-12-11-24)14-23-21(26)20(25)22-13-17-5-3-4-6-18(17)27-2/h3-10,19,24H,11-14H2,1-2H3,(H,22,25)(H,23,26). The first-order valence-corrected chi connectivity index (χ1v) is 9.02. The number of aliphatic hydroxyl groups excluding tert-OH is 1. The first-order valence-electron chi connectivity index (χ1n) is 9.02. The molecule has 2 aromatic rings. The molecule has 2 rings (SSSR count). The maximum absolute atomic E-state index is 12.1. The molecule has 1 unspecified atom stereocenters. The largest absolute Gasteiger partial charge is 0.496 e. The van der Waals surface area contributed by atoms with Crippen molar-refractivity contribution in [1.82, 2.24) is 10.6 Å². The highest BCUT2D eigenvalue weighted by molar-refractivity contribution is 6.35. The molecule has 0 aromatic heterocycles. The van der Waals surface area contributed by atoms with E-state index in [-0.39, 0.29) is 26.3 Å². The topological polar surface area (TPSA) is 96.9 Å². The minimum atomic E-state index is -0.750. The Hall–Kier alpha value is -2.90. The van der Waals surface area contributed by atoms with E-state index in [4.69, 9.17) is 14.6 Å². The van der Waals surface area contributed by atoms with E-state index in [1.165, 1.54) is 0 Å². The van der Waals surface area contributed by atoms with Gasteiger partial charge in [-0.1, -0.05) is 48.0 Å². The smallest absolute Gasteiger partial charge is 0.309 e. The summed E-state index contributed by atoms with van der Waals surface area (Å²) < 4.78 is 10.8. The van der Waals surface area contributed by atoms with Crippen molar-refractivity contribution < 1.29 is 24.2 Å². The Bertz CT molecular complexity index is 777. The first kappa shape index (κ1) is 21.4. The van der Waals surface area contributed by atoms with Gasteiger partial charge in [-0.3, -0.25) is 9.59 Å². The van der Waals surface area contributed by atoms with Crippen LogP contribution in [0, 0.1) is 6.92 Å². The molecule has 7 nitrogen and oxygen atoms in total. The van der Waals surface area contributed by atoms with E-state index < -0.39 is 17.9 Å². The summed E-state index contributed by atoms with van der Waals surface area (Å²) in [5, 5.41) is 14.2. The molecule has 0 heterocycles. The number of benzene rings is 2. The number of para-hydroxylation sites is 1. The van der Waals surface area contributed by atoms with Gasteiger partial charge in [0.2, 0.25) is 0 Å². The molecule has 7 heteroatoms. The normalized spacial score (nSPS) is 11.5. The zero-order valence-electron chi connectivity index (χ0n) is 16.1. The van der Waals surface area contributed by atoms with Gasteiger partial charge in [0.25, 0.3) is 0 Å². The van der Waals surface area contributed by atoms with Crippen LogP contribution in [0.1, 0.15) is 22.8 Å². The van der Waals surface area contributed by atoms with Crippen molar-refractivity contribution in [3.8, 4) is 5.75 Å². The molecule has 0 saturated carbocycles. The van der Waals surface area contributed by atoms with Gasteiger partial charge in [0.1, 0.15) is 5.75 Å². The Balaban J connectivity index is 1.90. The SMILES string of the molecule is COc1ccccc1CNC(=O)C(=O)NCC(OCCO)c1ccc(C)cc1. The summed E-state index contributed by atoms with van der Waals surface area (Å²) in [4.78, 5) is 24.2. The number of rotatable bonds is 9. The van der Waals surface area contributed by atoms with Crippen molar-refractivity contribution in [1.29, 1.82) is 0 Å². The van der Waals surface area contributed by atoms with Crippen LogP contribution in [-0.2, 0) is 20.9 Å². The second-order valence-corrected chi connectivity index (χ2v) is 6.20. The summed E-state index contributed by atoms with van der Waals surface area (Å²) in [6, 6.07) is 14.9. The van der Waals surface area contributed by atoms with Gasteiger partial charge in [-0.25, -0.2) is 0 Å². The van der Waals surface area contributed by atoms with Crippen molar-refractivity contribution in [2.24, 2.45) is 0 Å². The summed E-state index contributed by atoms with van der Waals surface area (Å²) in [5.41, 5.74) is 2.73. The predicted molar refractivity (Wildman–Crippen MR) is 105 cm³/mol. The Morgan fingerprint density at radius 3 is 2.39 bits per heavy atom. The molecule has 0 radical (unpaired) electrons. The van der Waals surface area contributed by atoms with Gasteiger partial charge in [0, 0.05) is 18.7 Å². The molecular weight excluding hydrogens is 360 g/mol. The zero-order chi connectivity index (χ0) is 20.4. The highest BCUT2D eigenvalue weighted by atomic mass is 16.5. The fraction of sp³-hybridized carbons (Fsp3) is 0.333. The number of amides is 2. The number of methoxy groups -OCH3 is 1. The van der Waals surface area contributed by atoms with Crippen LogP contribution in [0.25, 0.3) is 0 Å². The lowest BCUT2D eigenvalue weighted by Crippen LogP contribution is -2.41. The van der Waals surface area contributed by atoms with Crippen LogP contribution >= 0.6 is 0 Å². The third-order valence-corrected chi connectivity index (χ3v) is 4.15. The number of aryl methyl sites for hydroxylation is 1. The van der Waals surface area contributed by atoms with Crippen LogP contribution < -0.4 is 15.4 Å². The van der Waals surface area contributed by atoms with Crippen LogP contribution in [0.3, 0.4) is 0 Å². The van der Waals surface area contributed by atoms with E-state index >= 15 is 0 Å². The molecule has 0 spiro atoms. The third-order valence-electron chi connectivity index (χ3n) is 4.15. The number of ether oxygens (including phenoxy) is 2. The van der Waals surface area contributed by atoms with Gasteiger partial charge >= 0.3 is 11.8 Å². The summed E-state index contributed by atoms with van der Waals surface area (Å²) in [5.74, 6) is -0.852. The highest BCUT2D eigenvalue weighted by Gasteiger charge is 2.18. The predicted octanol–water partition coefficient (Wildman–Crippen LogP) is 1.49. The van der Waals surface area contributed by atoms with Gasteiger partial charge in [-0.15, -0.1) is 0 Å². The fourth-order valence-corrected chi connectivity index (χ4v) is 2.62. The Morgan fingerprint density at radius 1 is 1.04 bits per heavy atom. The lowest BCUT2D eigenvalue weighted by Gasteiger charge is -2.19. The highest BCUT2D eigenvalue weighted by Crippen LogP contribution is 2.18. The molecule has 0 saturated heterocycles. The summed E-state index contributed by atoms with van der Waals surface area (Å²) in [7, 11) is 1.55. The van der Waals surface area contributed by atoms with Crippen molar-refractivity contribution in [2.75, 3.05) is 26.9 Å². The van der Waals surface area contributed by atoms with E-state index in [0.29, 0.717) is 5.75 Å². The van der Waals surface area contributed by atoms with Gasteiger partial charge < -0.3 is 25.2 Å². The van der Waals surface area contributed by atoms with Crippen LogP contribution in [0.5, 0.6) is 5.75 Å². The molecule has 2 aromatic carbocycles. The number of aliphatic hydroxyl groups is 1.